The molecule has 0 saturated carbocycles. The minimum Gasteiger partial charge on any atom is -0.369 e. The molecule has 13 heavy (non-hydrogen) atoms. The van der Waals surface area contributed by atoms with Crippen LogP contribution in [0.5, 0.6) is 0 Å². The lowest BCUT2D eigenvalue weighted by Crippen LogP contribution is -2.41. The van der Waals surface area contributed by atoms with E-state index in [4.69, 9.17) is 5.73 Å². The van der Waals surface area contributed by atoms with Gasteiger partial charge in [0.25, 0.3) is 0 Å². The fraction of sp³-hybridized carbons (Fsp3) is 0.889. The van der Waals surface area contributed by atoms with Crippen molar-refractivity contribution >= 4 is 22.9 Å². The number of rotatable bonds is 3. The lowest BCUT2D eigenvalue weighted by Gasteiger charge is -2.30. The molecule has 0 radical (unpaired) electrons. The Morgan fingerprint density at radius 3 is 2.85 bits per heavy atom. The van der Waals surface area contributed by atoms with Gasteiger partial charge in [0.15, 0.2) is 0 Å². The summed E-state index contributed by atoms with van der Waals surface area (Å²) < 4.78 is 0. The molecule has 0 aliphatic carbocycles. The van der Waals surface area contributed by atoms with Gasteiger partial charge in [-0.1, -0.05) is 6.92 Å². The molecule has 1 heterocycles. The van der Waals surface area contributed by atoms with E-state index >= 15 is 0 Å². The highest BCUT2D eigenvalue weighted by Crippen LogP contribution is 2.15. The molecule has 1 unspecified atom stereocenters. The highest BCUT2D eigenvalue weighted by atomic mass is 79.9. The zero-order chi connectivity index (χ0) is 8.97. The molecule has 78 valence electrons. The summed E-state index contributed by atoms with van der Waals surface area (Å²) in [5.74, 6) is -0.0268. The van der Waals surface area contributed by atoms with Crippen molar-refractivity contribution in [3.63, 3.8) is 0 Å². The summed E-state index contributed by atoms with van der Waals surface area (Å²) in [6, 6.07) is 0. The van der Waals surface area contributed by atoms with E-state index in [9.17, 15) is 4.79 Å². The molecule has 0 bridgehead atoms. The van der Waals surface area contributed by atoms with Gasteiger partial charge in [-0.3, -0.25) is 4.79 Å². The van der Waals surface area contributed by atoms with Gasteiger partial charge < -0.3 is 10.6 Å². The summed E-state index contributed by atoms with van der Waals surface area (Å²) in [7, 11) is 0. The summed E-state index contributed by atoms with van der Waals surface area (Å²) in [5.41, 5.74) is 5.26. The van der Waals surface area contributed by atoms with Crippen molar-refractivity contribution in [1.29, 1.82) is 0 Å². The van der Waals surface area contributed by atoms with E-state index in [2.05, 4.69) is 11.8 Å². The molecular weight excluding hydrogens is 232 g/mol. The zero-order valence-corrected chi connectivity index (χ0v) is 9.87. The highest BCUT2D eigenvalue weighted by Gasteiger charge is 2.22. The number of nitrogens with zero attached hydrogens (tertiary/aromatic N) is 1. The van der Waals surface area contributed by atoms with Gasteiger partial charge in [0.2, 0.25) is 5.91 Å². The number of hydrogen-bond donors (Lipinski definition) is 1. The monoisotopic (exact) mass is 250 g/mol. The molecule has 1 atom stereocenters. The molecule has 0 aromatic heterocycles. The predicted molar refractivity (Wildman–Crippen MR) is 59.0 cm³/mol. The summed E-state index contributed by atoms with van der Waals surface area (Å²) in [6.45, 7) is 5.28. The number of halogens is 1. The average molecular weight is 251 g/mol. The van der Waals surface area contributed by atoms with Crippen LogP contribution >= 0.6 is 17.0 Å². The van der Waals surface area contributed by atoms with Crippen molar-refractivity contribution in [2.75, 3.05) is 19.6 Å². The Morgan fingerprint density at radius 1 is 1.62 bits per heavy atom. The predicted octanol–water partition coefficient (Wildman–Crippen LogP) is 1.17. The van der Waals surface area contributed by atoms with E-state index in [1.165, 1.54) is 0 Å². The molecule has 4 heteroatoms. The van der Waals surface area contributed by atoms with Crippen molar-refractivity contribution in [2.45, 2.75) is 26.2 Å². The molecule has 1 aliphatic rings. The Kier molecular flexibility index (Phi) is 6.33. The Hall–Kier alpha value is -0.0900. The standard InChI is InChI=1S/C9H18N2O.BrH/c1-2-5-11-6-3-4-8(7-11)9(10)12;/h8H,2-7H2,1H3,(H2,10,12);1H. The third-order valence-electron chi connectivity index (χ3n) is 2.45. The van der Waals surface area contributed by atoms with Crippen LogP contribution in [0.3, 0.4) is 0 Å². The zero-order valence-electron chi connectivity index (χ0n) is 8.16. The second kappa shape index (κ2) is 6.38. The normalized spacial score (nSPS) is 23.6. The number of likely N-dealkylation sites (tertiary alicyclic amines) is 1. The molecule has 3 nitrogen and oxygen atoms in total. The molecule has 0 spiro atoms. The maximum Gasteiger partial charge on any atom is 0.221 e. The molecule has 0 aromatic rings. The molecule has 1 fully saturated rings. The second-order valence-electron chi connectivity index (χ2n) is 3.54. The van der Waals surface area contributed by atoms with Gasteiger partial charge in [0, 0.05) is 6.54 Å². The number of carbonyl (C=O) groups is 1. The molecular formula is C9H19BrN2O. The first-order valence-corrected chi connectivity index (χ1v) is 4.75. The van der Waals surface area contributed by atoms with Gasteiger partial charge in [-0.15, -0.1) is 17.0 Å². The van der Waals surface area contributed by atoms with E-state index in [0.717, 1.165) is 38.9 Å². The molecule has 1 amide bonds. The van der Waals surface area contributed by atoms with Crippen molar-refractivity contribution in [3.05, 3.63) is 0 Å². The lowest BCUT2D eigenvalue weighted by molar-refractivity contribution is -0.123. The van der Waals surface area contributed by atoms with Crippen LogP contribution in [0.4, 0.5) is 0 Å². The smallest absolute Gasteiger partial charge is 0.221 e. The maximum absolute atomic E-state index is 10.9. The van der Waals surface area contributed by atoms with Crippen LogP contribution in [0.25, 0.3) is 0 Å². The highest BCUT2D eigenvalue weighted by molar-refractivity contribution is 8.93. The first-order chi connectivity index (χ1) is 5.74. The molecule has 2 N–H and O–H groups in total. The number of carbonyl (C=O) groups excluding carboxylic acids is 1. The second-order valence-corrected chi connectivity index (χ2v) is 3.54. The molecule has 1 saturated heterocycles. The van der Waals surface area contributed by atoms with Crippen molar-refractivity contribution in [3.8, 4) is 0 Å². The van der Waals surface area contributed by atoms with Crippen LogP contribution in [0.2, 0.25) is 0 Å². The largest absolute Gasteiger partial charge is 0.369 e. The van der Waals surface area contributed by atoms with Crippen LogP contribution in [0, 0.1) is 5.92 Å². The van der Waals surface area contributed by atoms with Gasteiger partial charge in [0.05, 0.1) is 5.92 Å². The van der Waals surface area contributed by atoms with Crippen molar-refractivity contribution in [2.24, 2.45) is 11.7 Å². The van der Waals surface area contributed by atoms with Gasteiger partial charge in [-0.25, -0.2) is 0 Å². The molecule has 1 aliphatic heterocycles. The topological polar surface area (TPSA) is 46.3 Å². The van der Waals surface area contributed by atoms with Gasteiger partial charge >= 0.3 is 0 Å². The van der Waals surface area contributed by atoms with E-state index in [0.29, 0.717) is 0 Å². The third kappa shape index (κ3) is 4.09. The molecule has 0 aromatic carbocycles. The SMILES string of the molecule is Br.CCCN1CCCC(C(N)=O)C1. The van der Waals surface area contributed by atoms with Crippen LogP contribution < -0.4 is 5.73 Å². The summed E-state index contributed by atoms with van der Waals surface area (Å²) >= 11 is 0. The average Bonchev–Trinajstić information content (AvgIpc) is 2.05. The number of primary amides is 1. The van der Waals surface area contributed by atoms with Crippen molar-refractivity contribution < 1.29 is 4.79 Å². The summed E-state index contributed by atoms with van der Waals surface area (Å²) in [4.78, 5) is 13.2. The molecule has 1 rings (SSSR count). The minimum absolute atomic E-state index is 0. The summed E-state index contributed by atoms with van der Waals surface area (Å²) in [6.07, 6.45) is 3.26. The Bertz CT molecular complexity index is 162. The minimum atomic E-state index is -0.129. The third-order valence-corrected chi connectivity index (χ3v) is 2.45. The number of nitrogens with two attached hydrogens (primary N) is 1. The fourth-order valence-electron chi connectivity index (χ4n) is 1.81. The quantitative estimate of drug-likeness (QED) is 0.818. The number of hydrogen-bond acceptors (Lipinski definition) is 2. The van der Waals surface area contributed by atoms with Crippen molar-refractivity contribution in [1.82, 2.24) is 4.90 Å². The van der Waals surface area contributed by atoms with Crippen LogP contribution in [-0.2, 0) is 4.79 Å². The van der Waals surface area contributed by atoms with E-state index in [1.54, 1.807) is 0 Å². The summed E-state index contributed by atoms with van der Waals surface area (Å²) in [5, 5.41) is 0. The number of amides is 1. The maximum atomic E-state index is 10.9. The van der Waals surface area contributed by atoms with E-state index < -0.39 is 0 Å². The van der Waals surface area contributed by atoms with Gasteiger partial charge in [-0.05, 0) is 32.4 Å². The number of piperidine rings is 1. The lowest BCUT2D eigenvalue weighted by atomic mass is 9.97. The Labute approximate surface area is 90.4 Å². The van der Waals surface area contributed by atoms with E-state index in [-0.39, 0.29) is 28.8 Å². The van der Waals surface area contributed by atoms with Gasteiger partial charge in [-0.2, -0.15) is 0 Å². The van der Waals surface area contributed by atoms with Crippen LogP contribution in [-0.4, -0.2) is 30.4 Å². The fourth-order valence-corrected chi connectivity index (χ4v) is 1.81. The Balaban J connectivity index is 0.00000144. The first-order valence-electron chi connectivity index (χ1n) is 4.75. The first kappa shape index (κ1) is 12.9. The van der Waals surface area contributed by atoms with Crippen LogP contribution in [0.15, 0.2) is 0 Å². The van der Waals surface area contributed by atoms with Gasteiger partial charge in [0.1, 0.15) is 0 Å². The Morgan fingerprint density at radius 2 is 2.31 bits per heavy atom. The van der Waals surface area contributed by atoms with Crippen LogP contribution in [0.1, 0.15) is 26.2 Å². The van der Waals surface area contributed by atoms with E-state index in [1.807, 2.05) is 0 Å².